The van der Waals surface area contributed by atoms with Crippen molar-refractivity contribution < 1.29 is 14.1 Å². The van der Waals surface area contributed by atoms with Gasteiger partial charge in [0.15, 0.2) is 5.82 Å². The maximum absolute atomic E-state index is 12.5. The molecule has 6 heteroatoms. The summed E-state index contributed by atoms with van der Waals surface area (Å²) in [5.74, 6) is 1.39. The number of hydrogen-bond donors (Lipinski definition) is 0. The van der Waals surface area contributed by atoms with Crippen LogP contribution >= 0.6 is 0 Å². The predicted octanol–water partition coefficient (Wildman–Crippen LogP) is 2.68. The molecule has 0 N–H and O–H groups in total. The van der Waals surface area contributed by atoms with Crippen LogP contribution in [0.2, 0.25) is 0 Å². The number of rotatable bonds is 4. The van der Waals surface area contributed by atoms with E-state index in [9.17, 15) is 4.79 Å². The lowest BCUT2D eigenvalue weighted by Gasteiger charge is -2.34. The fourth-order valence-electron chi connectivity index (χ4n) is 2.65. The van der Waals surface area contributed by atoms with Gasteiger partial charge < -0.3 is 14.2 Å². The normalized spacial score (nSPS) is 18.4. The Morgan fingerprint density at radius 1 is 1.35 bits per heavy atom. The zero-order valence-electron chi connectivity index (χ0n) is 13.4. The van der Waals surface area contributed by atoms with Crippen LogP contribution in [0.3, 0.4) is 0 Å². The van der Waals surface area contributed by atoms with Crippen LogP contribution < -0.4 is 0 Å². The van der Waals surface area contributed by atoms with Crippen LogP contribution in [0.1, 0.15) is 32.1 Å². The fraction of sp³-hybridized carbons (Fsp3) is 0.471. The molecule has 1 aliphatic rings. The monoisotopic (exact) mass is 315 g/mol. The number of morpholine rings is 1. The Morgan fingerprint density at radius 3 is 2.87 bits per heavy atom. The first-order valence-corrected chi connectivity index (χ1v) is 7.91. The molecule has 122 valence electrons. The molecule has 3 rings (SSSR count). The first-order chi connectivity index (χ1) is 11.1. The molecule has 6 nitrogen and oxygen atoms in total. The van der Waals surface area contributed by atoms with Crippen LogP contribution in [0.25, 0.3) is 11.5 Å². The van der Waals surface area contributed by atoms with Gasteiger partial charge in [-0.05, 0) is 18.1 Å². The van der Waals surface area contributed by atoms with Crippen molar-refractivity contribution in [1.29, 1.82) is 0 Å². The van der Waals surface area contributed by atoms with E-state index in [1.54, 1.807) is 0 Å². The van der Waals surface area contributed by atoms with Gasteiger partial charge in [0.2, 0.25) is 5.91 Å². The molecule has 1 fully saturated rings. The third-order valence-corrected chi connectivity index (χ3v) is 3.79. The van der Waals surface area contributed by atoms with Gasteiger partial charge in [0, 0.05) is 18.5 Å². The number of carbonyl (C=O) groups is 1. The Balaban J connectivity index is 1.81. The third-order valence-electron chi connectivity index (χ3n) is 3.79. The highest BCUT2D eigenvalue weighted by Crippen LogP contribution is 2.26. The van der Waals surface area contributed by atoms with Crippen molar-refractivity contribution in [1.82, 2.24) is 15.0 Å². The van der Waals surface area contributed by atoms with Crippen LogP contribution in [0, 0.1) is 5.92 Å². The minimum absolute atomic E-state index is 0.111. The zero-order chi connectivity index (χ0) is 16.2. The molecular weight excluding hydrogens is 294 g/mol. The predicted molar refractivity (Wildman–Crippen MR) is 84.5 cm³/mol. The van der Waals surface area contributed by atoms with Crippen molar-refractivity contribution in [3.8, 4) is 11.5 Å². The molecule has 1 amide bonds. The summed E-state index contributed by atoms with van der Waals surface area (Å²) in [5.41, 5.74) is 0.864. The van der Waals surface area contributed by atoms with Crippen molar-refractivity contribution in [2.75, 3.05) is 19.8 Å². The highest BCUT2D eigenvalue weighted by Gasteiger charge is 2.32. The van der Waals surface area contributed by atoms with Gasteiger partial charge in [-0.3, -0.25) is 4.79 Å². The zero-order valence-corrected chi connectivity index (χ0v) is 13.4. The summed E-state index contributed by atoms with van der Waals surface area (Å²) in [6, 6.07) is 9.31. The third kappa shape index (κ3) is 3.59. The van der Waals surface area contributed by atoms with Crippen molar-refractivity contribution in [2.24, 2.45) is 5.92 Å². The summed E-state index contributed by atoms with van der Waals surface area (Å²) in [7, 11) is 0. The van der Waals surface area contributed by atoms with E-state index >= 15 is 0 Å². The topological polar surface area (TPSA) is 68.5 Å². The lowest BCUT2D eigenvalue weighted by molar-refractivity contribution is -0.141. The summed E-state index contributed by atoms with van der Waals surface area (Å²) in [6.45, 7) is 5.58. The fourth-order valence-corrected chi connectivity index (χ4v) is 2.65. The first-order valence-electron chi connectivity index (χ1n) is 7.91. The van der Waals surface area contributed by atoms with E-state index in [-0.39, 0.29) is 11.9 Å². The molecule has 0 radical (unpaired) electrons. The van der Waals surface area contributed by atoms with Gasteiger partial charge in [0.1, 0.15) is 6.04 Å². The van der Waals surface area contributed by atoms with E-state index in [4.69, 9.17) is 9.26 Å². The molecule has 0 unspecified atom stereocenters. The summed E-state index contributed by atoms with van der Waals surface area (Å²) >= 11 is 0. The second kappa shape index (κ2) is 6.91. The largest absolute Gasteiger partial charge is 0.377 e. The Labute approximate surface area is 135 Å². The van der Waals surface area contributed by atoms with Crippen molar-refractivity contribution in [3.63, 3.8) is 0 Å². The van der Waals surface area contributed by atoms with Gasteiger partial charge in [0.05, 0.1) is 13.2 Å². The van der Waals surface area contributed by atoms with Gasteiger partial charge in [-0.15, -0.1) is 0 Å². The lowest BCUT2D eigenvalue weighted by Crippen LogP contribution is -2.44. The molecule has 1 atom stereocenters. The van der Waals surface area contributed by atoms with Gasteiger partial charge in [-0.1, -0.05) is 37.2 Å². The number of benzene rings is 1. The van der Waals surface area contributed by atoms with E-state index in [2.05, 4.69) is 10.1 Å². The van der Waals surface area contributed by atoms with Gasteiger partial charge in [-0.2, -0.15) is 4.98 Å². The molecule has 0 saturated carbocycles. The summed E-state index contributed by atoms with van der Waals surface area (Å²) < 4.78 is 10.9. The Hall–Kier alpha value is -2.21. The molecule has 0 spiro atoms. The molecule has 0 bridgehead atoms. The molecule has 1 aliphatic heterocycles. The van der Waals surface area contributed by atoms with Gasteiger partial charge in [-0.25, -0.2) is 0 Å². The average Bonchev–Trinajstić information content (AvgIpc) is 3.05. The number of hydrogen-bond acceptors (Lipinski definition) is 5. The van der Waals surface area contributed by atoms with E-state index in [1.165, 1.54) is 0 Å². The molecule has 1 aromatic carbocycles. The van der Waals surface area contributed by atoms with Crippen LogP contribution in [0.15, 0.2) is 34.9 Å². The maximum atomic E-state index is 12.5. The van der Waals surface area contributed by atoms with Crippen molar-refractivity contribution >= 4 is 5.91 Å². The standard InChI is InChI=1S/C17H21N3O3/c1-12(2)10-15(21)20-8-9-22-11-14(20)16-18-17(23-19-16)13-6-4-3-5-7-13/h3-7,12,14H,8-11H2,1-2H3/t14-/m1/s1. The van der Waals surface area contributed by atoms with Crippen molar-refractivity contribution in [2.45, 2.75) is 26.3 Å². The Morgan fingerprint density at radius 2 is 2.13 bits per heavy atom. The Bertz CT molecular complexity index is 654. The van der Waals surface area contributed by atoms with Gasteiger partial charge in [0.25, 0.3) is 5.89 Å². The molecule has 1 saturated heterocycles. The van der Waals surface area contributed by atoms with E-state index in [1.807, 2.05) is 49.1 Å². The lowest BCUT2D eigenvalue weighted by atomic mass is 10.1. The number of amides is 1. The first kappa shape index (κ1) is 15.7. The Kier molecular flexibility index (Phi) is 4.71. The highest BCUT2D eigenvalue weighted by atomic mass is 16.5. The maximum Gasteiger partial charge on any atom is 0.257 e. The molecule has 2 aromatic rings. The molecule has 2 heterocycles. The minimum Gasteiger partial charge on any atom is -0.377 e. The second-order valence-corrected chi connectivity index (χ2v) is 6.10. The second-order valence-electron chi connectivity index (χ2n) is 6.10. The van der Waals surface area contributed by atoms with Crippen LogP contribution in [0.4, 0.5) is 0 Å². The summed E-state index contributed by atoms with van der Waals surface area (Å²) in [4.78, 5) is 18.7. The quantitative estimate of drug-likeness (QED) is 0.867. The van der Waals surface area contributed by atoms with E-state index < -0.39 is 0 Å². The SMILES string of the molecule is CC(C)CC(=O)N1CCOC[C@@H]1c1noc(-c2ccccc2)n1. The van der Waals surface area contributed by atoms with E-state index in [0.29, 0.717) is 43.8 Å². The van der Waals surface area contributed by atoms with Crippen LogP contribution in [-0.2, 0) is 9.53 Å². The summed E-state index contributed by atoms with van der Waals surface area (Å²) in [5, 5.41) is 4.07. The van der Waals surface area contributed by atoms with Crippen LogP contribution in [-0.4, -0.2) is 40.7 Å². The highest BCUT2D eigenvalue weighted by molar-refractivity contribution is 5.77. The van der Waals surface area contributed by atoms with Crippen molar-refractivity contribution in [3.05, 3.63) is 36.2 Å². The number of ether oxygens (including phenoxy) is 1. The number of carbonyl (C=O) groups excluding carboxylic acids is 1. The van der Waals surface area contributed by atoms with Gasteiger partial charge >= 0.3 is 0 Å². The number of aromatic nitrogens is 2. The summed E-state index contributed by atoms with van der Waals surface area (Å²) in [6.07, 6.45) is 0.514. The van der Waals surface area contributed by atoms with Crippen LogP contribution in [0.5, 0.6) is 0 Å². The molecular formula is C17H21N3O3. The molecule has 1 aromatic heterocycles. The smallest absolute Gasteiger partial charge is 0.257 e. The molecule has 0 aliphatic carbocycles. The van der Waals surface area contributed by atoms with E-state index in [0.717, 1.165) is 5.56 Å². The average molecular weight is 315 g/mol. The minimum atomic E-state index is -0.281. The molecule has 23 heavy (non-hydrogen) atoms. The number of nitrogens with zero attached hydrogens (tertiary/aromatic N) is 3.